The zero-order valence-corrected chi connectivity index (χ0v) is 13.3. The Balaban J connectivity index is 1.85. The van der Waals surface area contributed by atoms with Crippen LogP contribution in [-0.2, 0) is 17.6 Å². The summed E-state index contributed by atoms with van der Waals surface area (Å²) in [6.45, 7) is 1.11. The lowest BCUT2D eigenvalue weighted by Crippen LogP contribution is -2.39. The SMILES string of the molecule is COCCN(CCO)C(=O)Nc1ccc2c3c(cccc13)CC2. The molecule has 0 atom stereocenters. The number of methoxy groups -OCH3 is 1. The maximum absolute atomic E-state index is 12.5. The Labute approximate surface area is 135 Å². The average molecular weight is 314 g/mol. The minimum Gasteiger partial charge on any atom is -0.395 e. The van der Waals surface area contributed by atoms with Gasteiger partial charge in [-0.15, -0.1) is 0 Å². The summed E-state index contributed by atoms with van der Waals surface area (Å²) in [5.74, 6) is 0. The van der Waals surface area contributed by atoms with Gasteiger partial charge in [-0.05, 0) is 35.4 Å². The third kappa shape index (κ3) is 3.16. The largest absolute Gasteiger partial charge is 0.395 e. The highest BCUT2D eigenvalue weighted by molar-refractivity contribution is 6.04. The number of hydrogen-bond acceptors (Lipinski definition) is 3. The third-order valence-corrected chi connectivity index (χ3v) is 4.34. The molecule has 2 amide bonds. The predicted octanol–water partition coefficient (Wildman–Crippen LogP) is 2.41. The molecule has 2 aromatic carbocycles. The van der Waals surface area contributed by atoms with Gasteiger partial charge in [0, 0.05) is 25.6 Å². The molecule has 0 radical (unpaired) electrons. The van der Waals surface area contributed by atoms with Crippen molar-refractivity contribution in [3.05, 3.63) is 41.5 Å². The van der Waals surface area contributed by atoms with Crippen LogP contribution in [0.5, 0.6) is 0 Å². The molecule has 122 valence electrons. The van der Waals surface area contributed by atoms with Gasteiger partial charge in [0.25, 0.3) is 0 Å². The molecule has 23 heavy (non-hydrogen) atoms. The maximum Gasteiger partial charge on any atom is 0.322 e. The van der Waals surface area contributed by atoms with Crippen molar-refractivity contribution < 1.29 is 14.6 Å². The Kier molecular flexibility index (Phi) is 4.79. The molecule has 0 heterocycles. The van der Waals surface area contributed by atoms with Crippen molar-refractivity contribution in [1.82, 2.24) is 4.90 Å². The molecular weight excluding hydrogens is 292 g/mol. The van der Waals surface area contributed by atoms with E-state index in [0.717, 1.165) is 23.9 Å². The van der Waals surface area contributed by atoms with Crippen molar-refractivity contribution in [3.63, 3.8) is 0 Å². The van der Waals surface area contributed by atoms with Gasteiger partial charge in [-0.1, -0.05) is 24.3 Å². The van der Waals surface area contributed by atoms with Crippen LogP contribution >= 0.6 is 0 Å². The van der Waals surface area contributed by atoms with Gasteiger partial charge in [-0.2, -0.15) is 0 Å². The molecule has 0 saturated heterocycles. The first-order valence-electron chi connectivity index (χ1n) is 7.94. The fourth-order valence-electron chi connectivity index (χ4n) is 3.19. The van der Waals surface area contributed by atoms with E-state index in [1.165, 1.54) is 16.5 Å². The van der Waals surface area contributed by atoms with E-state index >= 15 is 0 Å². The number of carbonyl (C=O) groups is 1. The van der Waals surface area contributed by atoms with Crippen LogP contribution in [0.1, 0.15) is 11.1 Å². The summed E-state index contributed by atoms with van der Waals surface area (Å²) < 4.78 is 5.03. The van der Waals surface area contributed by atoms with Crippen molar-refractivity contribution in [2.75, 3.05) is 38.7 Å². The topological polar surface area (TPSA) is 61.8 Å². The minimum absolute atomic E-state index is 0.0685. The van der Waals surface area contributed by atoms with Crippen LogP contribution in [0.4, 0.5) is 10.5 Å². The Hall–Kier alpha value is -2.11. The molecule has 0 saturated carbocycles. The first-order valence-corrected chi connectivity index (χ1v) is 7.94. The van der Waals surface area contributed by atoms with Crippen molar-refractivity contribution in [1.29, 1.82) is 0 Å². The number of benzene rings is 2. The van der Waals surface area contributed by atoms with Crippen molar-refractivity contribution >= 4 is 22.5 Å². The van der Waals surface area contributed by atoms with Crippen molar-refractivity contribution in [2.24, 2.45) is 0 Å². The van der Waals surface area contributed by atoms with Gasteiger partial charge in [0.2, 0.25) is 0 Å². The summed E-state index contributed by atoms with van der Waals surface area (Å²) in [6.07, 6.45) is 2.13. The number of urea groups is 1. The van der Waals surface area contributed by atoms with E-state index in [1.807, 2.05) is 12.1 Å². The van der Waals surface area contributed by atoms with Crippen LogP contribution < -0.4 is 5.32 Å². The molecule has 2 aromatic rings. The first kappa shape index (κ1) is 15.8. The van der Waals surface area contributed by atoms with Gasteiger partial charge in [0.1, 0.15) is 0 Å². The van der Waals surface area contributed by atoms with Crippen LogP contribution in [0.25, 0.3) is 10.8 Å². The smallest absolute Gasteiger partial charge is 0.322 e. The highest BCUT2D eigenvalue weighted by Crippen LogP contribution is 2.35. The van der Waals surface area contributed by atoms with E-state index in [-0.39, 0.29) is 19.2 Å². The molecule has 0 bridgehead atoms. The molecule has 0 spiro atoms. The summed E-state index contributed by atoms with van der Waals surface area (Å²) in [5, 5.41) is 14.5. The van der Waals surface area contributed by atoms with E-state index < -0.39 is 0 Å². The second kappa shape index (κ2) is 6.98. The molecule has 1 aliphatic rings. The van der Waals surface area contributed by atoms with Gasteiger partial charge in [-0.25, -0.2) is 4.79 Å². The van der Waals surface area contributed by atoms with Gasteiger partial charge in [0.15, 0.2) is 0 Å². The summed E-state index contributed by atoms with van der Waals surface area (Å²) in [4.78, 5) is 14.0. The predicted molar refractivity (Wildman–Crippen MR) is 90.9 cm³/mol. The summed E-state index contributed by atoms with van der Waals surface area (Å²) >= 11 is 0. The van der Waals surface area contributed by atoms with Gasteiger partial charge >= 0.3 is 6.03 Å². The third-order valence-electron chi connectivity index (χ3n) is 4.34. The number of rotatable bonds is 6. The molecular formula is C18H22N2O3. The normalized spacial score (nSPS) is 12.6. The number of nitrogens with zero attached hydrogens (tertiary/aromatic N) is 1. The molecule has 1 aliphatic carbocycles. The number of nitrogens with one attached hydrogen (secondary N) is 1. The second-order valence-corrected chi connectivity index (χ2v) is 5.75. The number of anilines is 1. The zero-order chi connectivity index (χ0) is 16.2. The van der Waals surface area contributed by atoms with Crippen LogP contribution in [-0.4, -0.2) is 49.5 Å². The maximum atomic E-state index is 12.5. The Morgan fingerprint density at radius 2 is 2.00 bits per heavy atom. The number of carbonyl (C=O) groups excluding carboxylic acids is 1. The molecule has 3 rings (SSSR count). The van der Waals surface area contributed by atoms with E-state index in [0.29, 0.717) is 13.2 Å². The molecule has 5 nitrogen and oxygen atoms in total. The van der Waals surface area contributed by atoms with Gasteiger partial charge in [0.05, 0.1) is 18.9 Å². The lowest BCUT2D eigenvalue weighted by Gasteiger charge is -2.22. The van der Waals surface area contributed by atoms with E-state index in [2.05, 4.69) is 23.5 Å². The molecule has 2 N–H and O–H groups in total. The number of ether oxygens (including phenoxy) is 1. The van der Waals surface area contributed by atoms with Crippen molar-refractivity contribution in [3.8, 4) is 0 Å². The first-order chi connectivity index (χ1) is 11.2. The van der Waals surface area contributed by atoms with Crippen LogP contribution in [0, 0.1) is 0 Å². The van der Waals surface area contributed by atoms with Gasteiger partial charge < -0.3 is 20.1 Å². The Bertz CT molecular complexity index is 704. The molecule has 0 aromatic heterocycles. The zero-order valence-electron chi connectivity index (χ0n) is 13.3. The highest BCUT2D eigenvalue weighted by atomic mass is 16.5. The molecule has 0 aliphatic heterocycles. The van der Waals surface area contributed by atoms with E-state index in [9.17, 15) is 4.79 Å². The molecule has 0 fully saturated rings. The van der Waals surface area contributed by atoms with Crippen LogP contribution in [0.2, 0.25) is 0 Å². The Morgan fingerprint density at radius 3 is 2.74 bits per heavy atom. The number of amides is 2. The monoisotopic (exact) mass is 314 g/mol. The summed E-state index contributed by atoms with van der Waals surface area (Å²) in [6, 6.07) is 10.1. The molecule has 0 unspecified atom stereocenters. The average Bonchev–Trinajstić information content (AvgIpc) is 2.99. The quantitative estimate of drug-likeness (QED) is 0.861. The summed E-state index contributed by atoms with van der Waals surface area (Å²) in [5.41, 5.74) is 3.51. The molecule has 5 heteroatoms. The second-order valence-electron chi connectivity index (χ2n) is 5.75. The Morgan fingerprint density at radius 1 is 1.22 bits per heavy atom. The highest BCUT2D eigenvalue weighted by Gasteiger charge is 2.18. The van der Waals surface area contributed by atoms with Crippen LogP contribution in [0.3, 0.4) is 0 Å². The number of aliphatic hydroxyl groups is 1. The number of hydrogen-bond donors (Lipinski definition) is 2. The van der Waals surface area contributed by atoms with Crippen LogP contribution in [0.15, 0.2) is 30.3 Å². The van der Waals surface area contributed by atoms with E-state index in [4.69, 9.17) is 9.84 Å². The summed E-state index contributed by atoms with van der Waals surface area (Å²) in [7, 11) is 1.60. The van der Waals surface area contributed by atoms with Crippen molar-refractivity contribution in [2.45, 2.75) is 12.8 Å². The fourth-order valence-corrected chi connectivity index (χ4v) is 3.19. The van der Waals surface area contributed by atoms with Gasteiger partial charge in [-0.3, -0.25) is 0 Å². The lowest BCUT2D eigenvalue weighted by atomic mass is 10.0. The number of aryl methyl sites for hydroxylation is 2. The standard InChI is InChI=1S/C18H22N2O3/c1-23-12-10-20(9-11-21)18(22)19-16-8-7-14-6-5-13-3-2-4-15(16)17(13)14/h2-4,7-8,21H,5-6,9-12H2,1H3,(H,19,22). The minimum atomic E-state index is -0.213. The fraction of sp³-hybridized carbons (Fsp3) is 0.389. The lowest BCUT2D eigenvalue weighted by molar-refractivity contribution is 0.142. The van der Waals surface area contributed by atoms with E-state index in [1.54, 1.807) is 12.0 Å². The number of aliphatic hydroxyl groups excluding tert-OH is 1.